The molecule has 29 heavy (non-hydrogen) atoms. The van der Waals surface area contributed by atoms with Crippen LogP contribution in [-0.4, -0.2) is 52.7 Å². The normalized spacial score (nSPS) is 15.9. The highest BCUT2D eigenvalue weighted by molar-refractivity contribution is 7.16. The van der Waals surface area contributed by atoms with Crippen molar-refractivity contribution in [2.24, 2.45) is 0 Å². The Bertz CT molecular complexity index is 944. The molecule has 0 spiro atoms. The van der Waals surface area contributed by atoms with Crippen molar-refractivity contribution in [2.75, 3.05) is 26.2 Å². The first-order chi connectivity index (χ1) is 14.1. The fourth-order valence-corrected chi connectivity index (χ4v) is 4.36. The number of aromatic nitrogens is 2. The minimum atomic E-state index is -2.91. The first-order valence-electron chi connectivity index (χ1n) is 9.12. The fraction of sp³-hybridized carbons (Fsp3) is 0.368. The van der Waals surface area contributed by atoms with E-state index in [4.69, 9.17) is 16.1 Å². The summed E-state index contributed by atoms with van der Waals surface area (Å²) in [6.07, 6.45) is 0. The summed E-state index contributed by atoms with van der Waals surface area (Å²) >= 11 is 7.61. The number of ether oxygens (including phenoxy) is 1. The van der Waals surface area contributed by atoms with Crippen LogP contribution in [0, 0.1) is 0 Å². The van der Waals surface area contributed by atoms with Gasteiger partial charge in [-0.3, -0.25) is 9.80 Å². The van der Waals surface area contributed by atoms with Gasteiger partial charge in [-0.1, -0.05) is 28.9 Å². The zero-order chi connectivity index (χ0) is 20.2. The van der Waals surface area contributed by atoms with Crippen LogP contribution in [0.25, 0.3) is 11.4 Å². The average molecular weight is 441 g/mol. The van der Waals surface area contributed by atoms with Crippen LogP contribution in [0.5, 0.6) is 5.75 Å². The summed E-state index contributed by atoms with van der Waals surface area (Å²) in [5, 5.41) is 3.93. The Morgan fingerprint density at radius 1 is 1.07 bits per heavy atom. The van der Waals surface area contributed by atoms with Gasteiger partial charge < -0.3 is 9.26 Å². The third-order valence-electron chi connectivity index (χ3n) is 4.64. The molecule has 1 aliphatic rings. The number of para-hydroxylation sites is 1. The van der Waals surface area contributed by atoms with Gasteiger partial charge in [0.1, 0.15) is 5.75 Å². The summed E-state index contributed by atoms with van der Waals surface area (Å²) in [5.41, 5.74) is 0.377. The number of thiophene rings is 1. The first-order valence-corrected chi connectivity index (χ1v) is 10.3. The maximum absolute atomic E-state index is 12.6. The molecule has 1 fully saturated rings. The van der Waals surface area contributed by atoms with Crippen molar-refractivity contribution >= 4 is 22.9 Å². The van der Waals surface area contributed by atoms with E-state index in [0.29, 0.717) is 18.0 Å². The molecule has 1 aromatic carbocycles. The van der Waals surface area contributed by atoms with Gasteiger partial charge >= 0.3 is 6.61 Å². The minimum absolute atomic E-state index is 0.0251. The van der Waals surface area contributed by atoms with Crippen LogP contribution in [-0.2, 0) is 13.1 Å². The Morgan fingerprint density at radius 3 is 2.48 bits per heavy atom. The molecule has 1 saturated heterocycles. The van der Waals surface area contributed by atoms with E-state index in [9.17, 15) is 8.78 Å². The van der Waals surface area contributed by atoms with E-state index in [0.717, 1.165) is 37.1 Å². The van der Waals surface area contributed by atoms with Gasteiger partial charge in [0.05, 0.1) is 16.4 Å². The first kappa shape index (κ1) is 20.2. The summed E-state index contributed by atoms with van der Waals surface area (Å²) in [4.78, 5) is 10.2. The minimum Gasteiger partial charge on any atom is -0.434 e. The van der Waals surface area contributed by atoms with E-state index < -0.39 is 6.61 Å². The molecule has 1 aliphatic heterocycles. The number of hydrogen-bond donors (Lipinski definition) is 0. The zero-order valence-electron chi connectivity index (χ0n) is 15.4. The Balaban J connectivity index is 1.33. The monoisotopic (exact) mass is 440 g/mol. The van der Waals surface area contributed by atoms with Crippen LogP contribution in [0.1, 0.15) is 10.8 Å². The van der Waals surface area contributed by atoms with E-state index in [2.05, 4.69) is 30.7 Å². The standard InChI is InChI=1S/C19H19ClF2N4O2S/c20-16-6-5-13(29-16)11-25-7-9-26(10-8-25)12-17-23-18(24-28-17)14-3-1-2-4-15(14)27-19(21)22/h1-6,19H,7-12H2. The molecule has 6 nitrogen and oxygen atoms in total. The number of hydrogen-bond acceptors (Lipinski definition) is 7. The summed E-state index contributed by atoms with van der Waals surface area (Å²) < 4.78 is 35.9. The zero-order valence-corrected chi connectivity index (χ0v) is 17.0. The summed E-state index contributed by atoms with van der Waals surface area (Å²) in [6.45, 7) is 2.12. The van der Waals surface area contributed by atoms with E-state index >= 15 is 0 Å². The van der Waals surface area contributed by atoms with Crippen molar-refractivity contribution in [1.82, 2.24) is 19.9 Å². The summed E-state index contributed by atoms with van der Waals surface area (Å²) in [6, 6.07) is 10.4. The highest BCUT2D eigenvalue weighted by Gasteiger charge is 2.21. The lowest BCUT2D eigenvalue weighted by molar-refractivity contribution is -0.0494. The van der Waals surface area contributed by atoms with Gasteiger partial charge in [-0.2, -0.15) is 13.8 Å². The molecule has 3 heterocycles. The van der Waals surface area contributed by atoms with Crippen molar-refractivity contribution in [3.8, 4) is 17.1 Å². The topological polar surface area (TPSA) is 54.6 Å². The maximum Gasteiger partial charge on any atom is 0.387 e. The Labute approximate surface area is 175 Å². The van der Waals surface area contributed by atoms with Gasteiger partial charge in [-0.15, -0.1) is 11.3 Å². The van der Waals surface area contributed by atoms with Crippen molar-refractivity contribution < 1.29 is 18.0 Å². The predicted molar refractivity (Wildman–Crippen MR) is 106 cm³/mol. The quantitative estimate of drug-likeness (QED) is 0.543. The molecule has 10 heteroatoms. The van der Waals surface area contributed by atoms with Crippen LogP contribution in [0.4, 0.5) is 8.78 Å². The predicted octanol–water partition coefficient (Wildman–Crippen LogP) is 4.37. The number of nitrogens with zero attached hydrogens (tertiary/aromatic N) is 4. The molecule has 3 aromatic rings. The maximum atomic E-state index is 12.6. The van der Waals surface area contributed by atoms with Crippen LogP contribution in [0.3, 0.4) is 0 Å². The van der Waals surface area contributed by atoms with Gasteiger partial charge in [-0.05, 0) is 24.3 Å². The van der Waals surface area contributed by atoms with Crippen molar-refractivity contribution in [3.05, 3.63) is 51.5 Å². The van der Waals surface area contributed by atoms with Gasteiger partial charge in [0.25, 0.3) is 0 Å². The Hall–Kier alpha value is -2.07. The number of halogens is 3. The lowest BCUT2D eigenvalue weighted by atomic mass is 10.2. The van der Waals surface area contributed by atoms with Gasteiger partial charge in [-0.25, -0.2) is 0 Å². The Kier molecular flexibility index (Phi) is 6.39. The van der Waals surface area contributed by atoms with Crippen molar-refractivity contribution in [1.29, 1.82) is 0 Å². The van der Waals surface area contributed by atoms with E-state index in [1.165, 1.54) is 10.9 Å². The molecule has 0 saturated carbocycles. The van der Waals surface area contributed by atoms with Gasteiger partial charge in [0.15, 0.2) is 0 Å². The second-order valence-corrected chi connectivity index (χ2v) is 8.44. The van der Waals surface area contributed by atoms with Gasteiger partial charge in [0.2, 0.25) is 11.7 Å². The molecule has 0 N–H and O–H groups in total. The third kappa shape index (κ3) is 5.30. The molecular weight excluding hydrogens is 422 g/mol. The number of alkyl halides is 2. The molecule has 0 atom stereocenters. The largest absolute Gasteiger partial charge is 0.434 e. The smallest absolute Gasteiger partial charge is 0.387 e. The van der Waals surface area contributed by atoms with Crippen LogP contribution < -0.4 is 4.74 Å². The number of piperazine rings is 1. The molecule has 154 valence electrons. The van der Waals surface area contributed by atoms with E-state index in [1.54, 1.807) is 29.5 Å². The molecule has 0 aliphatic carbocycles. The molecular formula is C19H19ClF2N4O2S. The summed E-state index contributed by atoms with van der Waals surface area (Å²) in [7, 11) is 0. The van der Waals surface area contributed by atoms with Gasteiger partial charge in [0, 0.05) is 37.6 Å². The lowest BCUT2D eigenvalue weighted by Gasteiger charge is -2.33. The molecule has 2 aromatic heterocycles. The second-order valence-electron chi connectivity index (χ2n) is 6.64. The SMILES string of the molecule is FC(F)Oc1ccccc1-c1noc(CN2CCN(Cc3ccc(Cl)s3)CC2)n1. The number of rotatable bonds is 7. The molecule has 0 unspecified atom stereocenters. The van der Waals surface area contributed by atoms with Crippen LogP contribution in [0.2, 0.25) is 4.34 Å². The fourth-order valence-electron chi connectivity index (χ4n) is 3.23. The highest BCUT2D eigenvalue weighted by Crippen LogP contribution is 2.29. The van der Waals surface area contributed by atoms with Crippen molar-refractivity contribution in [3.63, 3.8) is 0 Å². The lowest BCUT2D eigenvalue weighted by Crippen LogP contribution is -2.45. The molecule has 0 amide bonds. The Morgan fingerprint density at radius 2 is 1.79 bits per heavy atom. The molecule has 4 rings (SSSR count). The van der Waals surface area contributed by atoms with Crippen LogP contribution >= 0.6 is 22.9 Å². The van der Waals surface area contributed by atoms with Crippen LogP contribution in [0.15, 0.2) is 40.9 Å². The summed E-state index contributed by atoms with van der Waals surface area (Å²) in [5.74, 6) is 0.715. The van der Waals surface area contributed by atoms with Crippen molar-refractivity contribution in [2.45, 2.75) is 19.7 Å². The molecule has 0 bridgehead atoms. The highest BCUT2D eigenvalue weighted by atomic mass is 35.5. The van der Waals surface area contributed by atoms with E-state index in [-0.39, 0.29) is 11.6 Å². The second kappa shape index (κ2) is 9.17. The van der Waals surface area contributed by atoms with E-state index in [1.807, 2.05) is 6.07 Å². The third-order valence-corrected chi connectivity index (χ3v) is 5.86. The average Bonchev–Trinajstić information content (AvgIpc) is 3.32. The molecule has 0 radical (unpaired) electrons. The number of benzene rings is 1.